The lowest BCUT2D eigenvalue weighted by molar-refractivity contribution is -0.115. The zero-order valence-electron chi connectivity index (χ0n) is 18.3. The first-order chi connectivity index (χ1) is 15.6. The zero-order valence-corrected chi connectivity index (χ0v) is 19.1. The lowest BCUT2D eigenvalue weighted by Gasteiger charge is -2.13. The van der Waals surface area contributed by atoms with Crippen LogP contribution in [0.25, 0.3) is 5.78 Å². The molecule has 164 valence electrons. The third-order valence-electron chi connectivity index (χ3n) is 5.04. The molecule has 0 spiro atoms. The number of aromatic nitrogens is 4. The molecular formula is C24H25N5O2S. The van der Waals surface area contributed by atoms with Crippen LogP contribution in [0.4, 0.5) is 5.69 Å². The van der Waals surface area contributed by atoms with Crippen molar-refractivity contribution in [1.29, 1.82) is 0 Å². The maximum atomic E-state index is 12.4. The van der Waals surface area contributed by atoms with Crippen molar-refractivity contribution in [1.82, 2.24) is 19.6 Å². The first kappa shape index (κ1) is 21.8. The van der Waals surface area contributed by atoms with E-state index in [0.29, 0.717) is 5.78 Å². The van der Waals surface area contributed by atoms with Crippen molar-refractivity contribution in [2.75, 3.05) is 12.4 Å². The van der Waals surface area contributed by atoms with Crippen molar-refractivity contribution in [2.24, 2.45) is 0 Å². The van der Waals surface area contributed by atoms with Crippen molar-refractivity contribution in [3.05, 3.63) is 71.7 Å². The quantitative estimate of drug-likeness (QED) is 0.394. The van der Waals surface area contributed by atoms with Gasteiger partial charge < -0.3 is 10.1 Å². The molecule has 8 heteroatoms. The maximum Gasteiger partial charge on any atom is 0.253 e. The fourth-order valence-electron chi connectivity index (χ4n) is 3.49. The highest BCUT2D eigenvalue weighted by molar-refractivity contribution is 7.99. The molecule has 4 aromatic rings. The lowest BCUT2D eigenvalue weighted by atomic mass is 10.1. The van der Waals surface area contributed by atoms with Crippen LogP contribution in [-0.2, 0) is 17.6 Å². The van der Waals surface area contributed by atoms with Gasteiger partial charge in [-0.2, -0.15) is 14.6 Å². The minimum absolute atomic E-state index is 0.0713. The number of nitrogens with zero attached hydrogens (tertiary/aromatic N) is 4. The van der Waals surface area contributed by atoms with Crippen LogP contribution >= 0.6 is 11.8 Å². The summed E-state index contributed by atoms with van der Waals surface area (Å²) in [6, 6.07) is 15.4. The second kappa shape index (κ2) is 9.82. The highest BCUT2D eigenvalue weighted by Gasteiger charge is 2.15. The van der Waals surface area contributed by atoms with Crippen LogP contribution in [0.2, 0.25) is 0 Å². The molecule has 0 fully saturated rings. The van der Waals surface area contributed by atoms with Crippen LogP contribution in [0.3, 0.4) is 0 Å². The highest BCUT2D eigenvalue weighted by Crippen LogP contribution is 2.33. The van der Waals surface area contributed by atoms with Crippen molar-refractivity contribution in [3.8, 4) is 5.75 Å². The van der Waals surface area contributed by atoms with Gasteiger partial charge in [-0.3, -0.25) is 4.79 Å². The summed E-state index contributed by atoms with van der Waals surface area (Å²) in [7, 11) is 1.62. The smallest absolute Gasteiger partial charge is 0.253 e. The van der Waals surface area contributed by atoms with Gasteiger partial charge in [0.2, 0.25) is 5.91 Å². The predicted octanol–water partition coefficient (Wildman–Crippen LogP) is 4.73. The monoisotopic (exact) mass is 447 g/mol. The van der Waals surface area contributed by atoms with Crippen molar-refractivity contribution in [3.63, 3.8) is 0 Å². The standard InChI is InChI=1S/C24H25N5O2S/c1-4-6-21-16(2)27-24-25-15-26-29(24)23(21)32-20-11-9-18(10-12-20)28-22(30)14-17-7-5-8-19(13-17)31-3/h5,7-13,15H,4,6,14H2,1-3H3,(H,28,30). The van der Waals surface area contributed by atoms with E-state index >= 15 is 0 Å². The van der Waals surface area contributed by atoms with E-state index in [1.165, 1.54) is 11.9 Å². The molecule has 0 aliphatic heterocycles. The van der Waals surface area contributed by atoms with E-state index in [1.54, 1.807) is 23.4 Å². The molecule has 0 aliphatic rings. The number of hydrogen-bond acceptors (Lipinski definition) is 6. The molecule has 1 amide bonds. The largest absolute Gasteiger partial charge is 0.497 e. The van der Waals surface area contributed by atoms with E-state index in [2.05, 4.69) is 27.3 Å². The second-order valence-electron chi connectivity index (χ2n) is 7.41. The summed E-state index contributed by atoms with van der Waals surface area (Å²) >= 11 is 1.63. The van der Waals surface area contributed by atoms with Crippen LogP contribution in [0.1, 0.15) is 30.2 Å². The van der Waals surface area contributed by atoms with Crippen molar-refractivity contribution in [2.45, 2.75) is 43.0 Å². The van der Waals surface area contributed by atoms with Crippen molar-refractivity contribution >= 4 is 29.1 Å². The Morgan fingerprint density at radius 2 is 2.00 bits per heavy atom. The molecular weight excluding hydrogens is 422 g/mol. The average molecular weight is 448 g/mol. The number of aryl methyl sites for hydroxylation is 1. The number of amides is 1. The Morgan fingerprint density at radius 1 is 1.19 bits per heavy atom. The van der Waals surface area contributed by atoms with Crippen LogP contribution < -0.4 is 10.1 Å². The fourth-order valence-corrected chi connectivity index (χ4v) is 4.57. The van der Waals surface area contributed by atoms with Crippen LogP contribution in [0.15, 0.2) is 64.8 Å². The van der Waals surface area contributed by atoms with Gasteiger partial charge in [0.15, 0.2) is 0 Å². The molecule has 2 aromatic heterocycles. The summed E-state index contributed by atoms with van der Waals surface area (Å²) in [5, 5.41) is 8.35. The van der Waals surface area contributed by atoms with Gasteiger partial charge in [0, 0.05) is 21.8 Å². The number of benzene rings is 2. The first-order valence-electron chi connectivity index (χ1n) is 10.5. The summed E-state index contributed by atoms with van der Waals surface area (Å²) in [4.78, 5) is 22.3. The highest BCUT2D eigenvalue weighted by atomic mass is 32.2. The van der Waals surface area contributed by atoms with E-state index < -0.39 is 0 Å². The number of carbonyl (C=O) groups excluding carboxylic acids is 1. The Balaban J connectivity index is 1.48. The second-order valence-corrected chi connectivity index (χ2v) is 8.47. The molecule has 32 heavy (non-hydrogen) atoms. The molecule has 2 aromatic carbocycles. The summed E-state index contributed by atoms with van der Waals surface area (Å²) < 4.78 is 7.02. The van der Waals surface area contributed by atoms with Gasteiger partial charge in [0.1, 0.15) is 17.1 Å². The Kier molecular flexibility index (Phi) is 6.70. The zero-order chi connectivity index (χ0) is 22.5. The summed E-state index contributed by atoms with van der Waals surface area (Å²) in [5.74, 6) is 1.27. The topological polar surface area (TPSA) is 81.4 Å². The van der Waals surface area contributed by atoms with E-state index in [4.69, 9.17) is 4.74 Å². The van der Waals surface area contributed by atoms with Gasteiger partial charge in [-0.15, -0.1) is 0 Å². The molecule has 0 radical (unpaired) electrons. The van der Waals surface area contributed by atoms with Crippen LogP contribution in [-0.4, -0.2) is 32.6 Å². The van der Waals surface area contributed by atoms with Gasteiger partial charge in [0.25, 0.3) is 5.78 Å². The number of methoxy groups -OCH3 is 1. The van der Waals surface area contributed by atoms with E-state index in [9.17, 15) is 4.79 Å². The molecule has 0 aliphatic carbocycles. The number of ether oxygens (including phenoxy) is 1. The number of nitrogens with one attached hydrogen (secondary N) is 1. The van der Waals surface area contributed by atoms with Crippen LogP contribution in [0, 0.1) is 6.92 Å². The van der Waals surface area contributed by atoms with Gasteiger partial charge in [-0.1, -0.05) is 37.2 Å². The third-order valence-corrected chi connectivity index (χ3v) is 6.16. The van der Waals surface area contributed by atoms with E-state index in [1.807, 2.05) is 55.5 Å². The third kappa shape index (κ3) is 4.91. The molecule has 7 nitrogen and oxygen atoms in total. The Morgan fingerprint density at radius 3 is 2.75 bits per heavy atom. The van der Waals surface area contributed by atoms with Crippen LogP contribution in [0.5, 0.6) is 5.75 Å². The number of fused-ring (bicyclic) bond motifs is 1. The lowest BCUT2D eigenvalue weighted by Crippen LogP contribution is -2.14. The van der Waals surface area contributed by atoms with Gasteiger partial charge in [-0.25, -0.2) is 4.98 Å². The molecule has 4 rings (SSSR count). The van der Waals surface area contributed by atoms with Gasteiger partial charge in [-0.05, 0) is 55.3 Å². The summed E-state index contributed by atoms with van der Waals surface area (Å²) in [5.41, 5.74) is 3.83. The molecule has 1 N–H and O–H groups in total. The average Bonchev–Trinajstić information content (AvgIpc) is 3.25. The SMILES string of the molecule is CCCc1c(C)nc2ncnn2c1Sc1ccc(NC(=O)Cc2cccc(OC)c2)cc1. The maximum absolute atomic E-state index is 12.4. The Labute approximate surface area is 191 Å². The molecule has 0 bridgehead atoms. The van der Waals surface area contributed by atoms with E-state index in [-0.39, 0.29) is 12.3 Å². The Hall–Kier alpha value is -3.39. The number of hydrogen-bond donors (Lipinski definition) is 1. The fraction of sp³-hybridized carbons (Fsp3) is 0.250. The van der Waals surface area contributed by atoms with E-state index in [0.717, 1.165) is 45.5 Å². The number of carbonyl (C=O) groups is 1. The molecule has 0 unspecified atom stereocenters. The van der Waals surface area contributed by atoms with Gasteiger partial charge >= 0.3 is 0 Å². The number of anilines is 1. The van der Waals surface area contributed by atoms with Gasteiger partial charge in [0.05, 0.1) is 13.5 Å². The molecule has 2 heterocycles. The summed E-state index contributed by atoms with van der Waals surface area (Å²) in [6.45, 7) is 4.17. The normalized spacial score (nSPS) is 11.0. The molecule has 0 atom stereocenters. The molecule has 0 saturated carbocycles. The molecule has 0 saturated heterocycles. The number of rotatable bonds is 8. The predicted molar refractivity (Wildman–Crippen MR) is 125 cm³/mol. The van der Waals surface area contributed by atoms with Crippen molar-refractivity contribution < 1.29 is 9.53 Å². The minimum atomic E-state index is -0.0713. The Bertz CT molecular complexity index is 1240. The minimum Gasteiger partial charge on any atom is -0.497 e. The summed E-state index contributed by atoms with van der Waals surface area (Å²) in [6.07, 6.45) is 3.76. The first-order valence-corrected chi connectivity index (χ1v) is 11.3.